The number of esters is 1. The second-order valence-electron chi connectivity index (χ2n) is 5.31. The van der Waals surface area contributed by atoms with E-state index in [4.69, 9.17) is 4.74 Å². The number of aromatic hydroxyl groups is 1. The van der Waals surface area contributed by atoms with E-state index in [2.05, 4.69) is 5.32 Å². The average Bonchev–Trinajstić information content (AvgIpc) is 2.57. The number of carbonyl (C=O) groups excluding carboxylic acids is 2. The molecule has 2 aromatic carbocycles. The summed E-state index contributed by atoms with van der Waals surface area (Å²) in [5, 5.41) is 22.4. The van der Waals surface area contributed by atoms with Gasteiger partial charge in [-0.1, -0.05) is 18.2 Å². The van der Waals surface area contributed by atoms with Crippen molar-refractivity contribution in [3.63, 3.8) is 0 Å². The number of phenols is 1. The fourth-order valence-electron chi connectivity index (χ4n) is 2.02. The van der Waals surface area contributed by atoms with E-state index in [1.54, 1.807) is 19.1 Å². The van der Waals surface area contributed by atoms with Crippen molar-refractivity contribution in [1.82, 2.24) is 0 Å². The first-order chi connectivity index (χ1) is 11.8. The number of hydrogen-bond donors (Lipinski definition) is 2. The van der Waals surface area contributed by atoms with Crippen LogP contribution in [0, 0.1) is 17.0 Å². The van der Waals surface area contributed by atoms with Crippen LogP contribution in [0.1, 0.15) is 11.1 Å². The van der Waals surface area contributed by atoms with Crippen LogP contribution in [0.5, 0.6) is 5.75 Å². The molecule has 0 spiro atoms. The van der Waals surface area contributed by atoms with Gasteiger partial charge in [-0.05, 0) is 30.2 Å². The molecule has 8 heteroatoms. The molecule has 0 saturated carbocycles. The number of anilines is 1. The molecular weight excluding hydrogens is 328 g/mol. The van der Waals surface area contributed by atoms with Crippen molar-refractivity contribution >= 4 is 23.3 Å². The molecule has 0 aromatic heterocycles. The highest BCUT2D eigenvalue weighted by atomic mass is 16.6. The Morgan fingerprint density at radius 3 is 2.52 bits per heavy atom. The SMILES string of the molecule is Cc1ccc([N+](=O)[O-])cc1NC(=O)COC(=O)Cc1ccc(O)cc1. The minimum atomic E-state index is -0.600. The molecule has 0 bridgehead atoms. The molecular formula is C17H16N2O6. The lowest BCUT2D eigenvalue weighted by atomic mass is 10.1. The highest BCUT2D eigenvalue weighted by Crippen LogP contribution is 2.21. The molecule has 0 fully saturated rings. The van der Waals surface area contributed by atoms with E-state index in [0.717, 1.165) is 0 Å². The number of nitro groups is 1. The van der Waals surface area contributed by atoms with Crippen molar-refractivity contribution in [2.24, 2.45) is 0 Å². The van der Waals surface area contributed by atoms with Gasteiger partial charge in [0.15, 0.2) is 6.61 Å². The fourth-order valence-corrected chi connectivity index (χ4v) is 2.02. The monoisotopic (exact) mass is 344 g/mol. The summed E-state index contributed by atoms with van der Waals surface area (Å²) < 4.78 is 4.88. The zero-order valence-electron chi connectivity index (χ0n) is 13.4. The Hall–Kier alpha value is -3.42. The number of hydrogen-bond acceptors (Lipinski definition) is 6. The van der Waals surface area contributed by atoms with Crippen molar-refractivity contribution in [3.05, 3.63) is 63.7 Å². The van der Waals surface area contributed by atoms with Crippen molar-refractivity contribution in [1.29, 1.82) is 0 Å². The first kappa shape index (κ1) is 17.9. The van der Waals surface area contributed by atoms with Crippen molar-refractivity contribution in [2.75, 3.05) is 11.9 Å². The Kier molecular flexibility index (Phi) is 5.67. The number of phenolic OH excluding ortho intramolecular Hbond substituents is 1. The molecule has 0 unspecified atom stereocenters. The van der Waals surface area contributed by atoms with Gasteiger partial charge in [0.25, 0.3) is 11.6 Å². The highest BCUT2D eigenvalue weighted by molar-refractivity contribution is 5.93. The summed E-state index contributed by atoms with van der Waals surface area (Å²) in [4.78, 5) is 33.8. The average molecular weight is 344 g/mol. The molecule has 1 amide bonds. The topological polar surface area (TPSA) is 119 Å². The second-order valence-corrected chi connectivity index (χ2v) is 5.31. The third-order valence-electron chi connectivity index (χ3n) is 3.36. The molecule has 130 valence electrons. The van der Waals surface area contributed by atoms with Gasteiger partial charge < -0.3 is 15.2 Å². The van der Waals surface area contributed by atoms with Crippen LogP contribution in [0.4, 0.5) is 11.4 Å². The lowest BCUT2D eigenvalue weighted by Gasteiger charge is -2.09. The molecule has 0 saturated heterocycles. The number of nitrogens with one attached hydrogen (secondary N) is 1. The number of non-ortho nitro benzene ring substituents is 1. The van der Waals surface area contributed by atoms with Gasteiger partial charge in [-0.2, -0.15) is 0 Å². The standard InChI is InChI=1S/C17H16N2O6/c1-11-2-5-13(19(23)24)9-15(11)18-16(21)10-25-17(22)8-12-3-6-14(20)7-4-12/h2-7,9,20H,8,10H2,1H3,(H,18,21). The maximum atomic E-state index is 11.9. The summed E-state index contributed by atoms with van der Waals surface area (Å²) in [5.74, 6) is -1.11. The number of nitrogens with zero attached hydrogens (tertiary/aromatic N) is 1. The summed E-state index contributed by atoms with van der Waals surface area (Å²) in [7, 11) is 0. The van der Waals surface area contributed by atoms with Gasteiger partial charge in [0, 0.05) is 12.1 Å². The maximum absolute atomic E-state index is 11.9. The van der Waals surface area contributed by atoms with Gasteiger partial charge >= 0.3 is 5.97 Å². The largest absolute Gasteiger partial charge is 0.508 e. The molecule has 0 aliphatic carbocycles. The summed E-state index contributed by atoms with van der Waals surface area (Å²) in [6.45, 7) is 1.19. The van der Waals surface area contributed by atoms with E-state index in [9.17, 15) is 24.8 Å². The summed E-state index contributed by atoms with van der Waals surface area (Å²) in [6.07, 6.45) is -0.0383. The van der Waals surface area contributed by atoms with Gasteiger partial charge in [0.1, 0.15) is 5.75 Å². The van der Waals surface area contributed by atoms with Crippen molar-refractivity contribution in [3.8, 4) is 5.75 Å². The molecule has 0 radical (unpaired) electrons. The number of carbonyl (C=O) groups is 2. The number of amides is 1. The number of benzene rings is 2. The van der Waals surface area contributed by atoms with Gasteiger partial charge in [-0.3, -0.25) is 19.7 Å². The minimum Gasteiger partial charge on any atom is -0.508 e. The Balaban J connectivity index is 1.88. The third-order valence-corrected chi connectivity index (χ3v) is 3.36. The Morgan fingerprint density at radius 1 is 1.20 bits per heavy atom. The van der Waals surface area contributed by atoms with Gasteiger partial charge in [-0.25, -0.2) is 0 Å². The molecule has 2 N–H and O–H groups in total. The van der Waals surface area contributed by atoms with E-state index in [-0.39, 0.29) is 23.5 Å². The lowest BCUT2D eigenvalue weighted by Crippen LogP contribution is -2.22. The second kappa shape index (κ2) is 7.91. The lowest BCUT2D eigenvalue weighted by molar-refractivity contribution is -0.384. The number of ether oxygens (including phenoxy) is 1. The van der Waals surface area contributed by atoms with E-state index in [1.807, 2.05) is 0 Å². The number of aryl methyl sites for hydroxylation is 1. The smallest absolute Gasteiger partial charge is 0.310 e. The Bertz CT molecular complexity index is 801. The van der Waals surface area contributed by atoms with Crippen LogP contribution in [-0.2, 0) is 20.7 Å². The molecule has 25 heavy (non-hydrogen) atoms. The molecule has 0 aliphatic heterocycles. The molecule has 8 nitrogen and oxygen atoms in total. The molecule has 0 atom stereocenters. The number of rotatable bonds is 6. The van der Waals surface area contributed by atoms with E-state index in [0.29, 0.717) is 11.1 Å². The predicted octanol–water partition coefficient (Wildman–Crippen LogP) is 2.33. The van der Waals surface area contributed by atoms with E-state index in [1.165, 1.54) is 30.3 Å². The predicted molar refractivity (Wildman–Crippen MR) is 89.2 cm³/mol. The van der Waals surface area contributed by atoms with Crippen LogP contribution in [0.3, 0.4) is 0 Å². The van der Waals surface area contributed by atoms with Crippen LogP contribution < -0.4 is 5.32 Å². The quantitative estimate of drug-likeness (QED) is 0.471. The Morgan fingerprint density at radius 2 is 1.88 bits per heavy atom. The third kappa shape index (κ3) is 5.31. The first-order valence-corrected chi connectivity index (χ1v) is 7.33. The summed E-state index contributed by atoms with van der Waals surface area (Å²) in [6, 6.07) is 10.1. The van der Waals surface area contributed by atoms with Gasteiger partial charge in [0.05, 0.1) is 17.0 Å². The summed E-state index contributed by atoms with van der Waals surface area (Å²) in [5.41, 5.74) is 1.42. The zero-order chi connectivity index (χ0) is 18.4. The van der Waals surface area contributed by atoms with Crippen LogP contribution >= 0.6 is 0 Å². The molecule has 0 aliphatic rings. The Labute approximate surface area is 143 Å². The summed E-state index contributed by atoms with van der Waals surface area (Å²) >= 11 is 0. The molecule has 2 rings (SSSR count). The minimum absolute atomic E-state index is 0.0383. The van der Waals surface area contributed by atoms with E-state index < -0.39 is 23.4 Å². The molecule has 0 heterocycles. The first-order valence-electron chi connectivity index (χ1n) is 7.33. The van der Waals surface area contributed by atoms with Crippen molar-refractivity contribution in [2.45, 2.75) is 13.3 Å². The van der Waals surface area contributed by atoms with E-state index >= 15 is 0 Å². The van der Waals surface area contributed by atoms with Crippen LogP contribution in [0.2, 0.25) is 0 Å². The van der Waals surface area contributed by atoms with Gasteiger partial charge in [0.2, 0.25) is 0 Å². The normalized spacial score (nSPS) is 10.1. The van der Waals surface area contributed by atoms with Crippen LogP contribution in [0.15, 0.2) is 42.5 Å². The van der Waals surface area contributed by atoms with Crippen LogP contribution in [-0.4, -0.2) is 28.5 Å². The van der Waals surface area contributed by atoms with Gasteiger partial charge in [-0.15, -0.1) is 0 Å². The zero-order valence-corrected chi connectivity index (χ0v) is 13.4. The van der Waals surface area contributed by atoms with Crippen molar-refractivity contribution < 1.29 is 24.4 Å². The maximum Gasteiger partial charge on any atom is 0.310 e. The van der Waals surface area contributed by atoms with Crippen LogP contribution in [0.25, 0.3) is 0 Å². The number of nitro benzene ring substituents is 1. The molecule has 2 aromatic rings. The highest BCUT2D eigenvalue weighted by Gasteiger charge is 2.13. The fraction of sp³-hybridized carbons (Fsp3) is 0.176.